The molecule has 1 aromatic rings. The van der Waals surface area contributed by atoms with Gasteiger partial charge in [0.05, 0.1) is 6.20 Å². The minimum atomic E-state index is 0.681. The van der Waals surface area contributed by atoms with Gasteiger partial charge in [0.2, 0.25) is 0 Å². The quantitative estimate of drug-likeness (QED) is 0.577. The minimum Gasteiger partial charge on any atom is -0.367 e. The normalized spacial score (nSPS) is 9.55. The van der Waals surface area contributed by atoms with Crippen LogP contribution in [0.15, 0.2) is 12.5 Å². The molecule has 0 bridgehead atoms. The van der Waals surface area contributed by atoms with Crippen LogP contribution in [0.4, 0.5) is 5.82 Å². The molecule has 5 nitrogen and oxygen atoms in total. The van der Waals surface area contributed by atoms with Gasteiger partial charge in [-0.25, -0.2) is 4.98 Å². The molecule has 0 atom stereocenters. The molecule has 0 radical (unpaired) electrons. The SMILES string of the molecule is NCCCNc1cncnn1. The number of aromatic nitrogens is 3. The van der Waals surface area contributed by atoms with Crippen molar-refractivity contribution in [2.24, 2.45) is 5.73 Å². The summed E-state index contributed by atoms with van der Waals surface area (Å²) in [4.78, 5) is 3.80. The Morgan fingerprint density at radius 2 is 2.45 bits per heavy atom. The first-order chi connectivity index (χ1) is 5.43. The van der Waals surface area contributed by atoms with E-state index in [1.165, 1.54) is 6.33 Å². The molecular weight excluding hydrogens is 142 g/mol. The summed E-state index contributed by atoms with van der Waals surface area (Å²) in [6, 6.07) is 0. The third kappa shape index (κ3) is 2.90. The molecule has 60 valence electrons. The Labute approximate surface area is 65.0 Å². The van der Waals surface area contributed by atoms with Gasteiger partial charge in [0.15, 0.2) is 5.82 Å². The lowest BCUT2D eigenvalue weighted by Crippen LogP contribution is -2.09. The zero-order chi connectivity index (χ0) is 7.94. The van der Waals surface area contributed by atoms with E-state index in [1.807, 2.05) is 0 Å². The zero-order valence-electron chi connectivity index (χ0n) is 6.20. The molecule has 1 aromatic heterocycles. The van der Waals surface area contributed by atoms with Crippen LogP contribution in [0, 0.1) is 0 Å². The topological polar surface area (TPSA) is 76.7 Å². The Balaban J connectivity index is 2.28. The molecule has 0 aliphatic carbocycles. The lowest BCUT2D eigenvalue weighted by Gasteiger charge is -2.00. The largest absolute Gasteiger partial charge is 0.367 e. The number of hydrogen-bond acceptors (Lipinski definition) is 5. The summed E-state index contributed by atoms with van der Waals surface area (Å²) in [5, 5.41) is 10.4. The molecule has 0 saturated carbocycles. The highest BCUT2D eigenvalue weighted by molar-refractivity contribution is 5.27. The predicted molar refractivity (Wildman–Crippen MR) is 42.0 cm³/mol. The summed E-state index contributed by atoms with van der Waals surface area (Å²) in [7, 11) is 0. The monoisotopic (exact) mass is 153 g/mol. The standard InChI is InChI=1S/C6H11N5/c7-2-1-3-9-6-4-8-5-10-11-6/h4-5H,1-3,7H2,(H,9,11). The highest BCUT2D eigenvalue weighted by Crippen LogP contribution is 1.93. The summed E-state index contributed by atoms with van der Waals surface area (Å²) in [6.45, 7) is 1.50. The minimum absolute atomic E-state index is 0.681. The van der Waals surface area contributed by atoms with Crippen LogP contribution in [0.25, 0.3) is 0 Å². The number of nitrogens with one attached hydrogen (secondary N) is 1. The van der Waals surface area contributed by atoms with Crippen LogP contribution in [-0.4, -0.2) is 28.3 Å². The third-order valence-electron chi connectivity index (χ3n) is 1.17. The average Bonchev–Trinajstić information content (AvgIpc) is 2.07. The molecule has 0 fully saturated rings. The van der Waals surface area contributed by atoms with E-state index in [4.69, 9.17) is 5.73 Å². The molecule has 0 aliphatic rings. The van der Waals surface area contributed by atoms with Gasteiger partial charge in [0, 0.05) is 6.54 Å². The van der Waals surface area contributed by atoms with Crippen molar-refractivity contribution < 1.29 is 0 Å². The molecule has 3 N–H and O–H groups in total. The fourth-order valence-corrected chi connectivity index (χ4v) is 0.647. The Morgan fingerprint density at radius 3 is 3.09 bits per heavy atom. The second-order valence-electron chi connectivity index (χ2n) is 2.06. The maximum Gasteiger partial charge on any atom is 0.167 e. The maximum atomic E-state index is 5.30. The second kappa shape index (κ2) is 4.56. The van der Waals surface area contributed by atoms with Crippen LogP contribution in [0.5, 0.6) is 0 Å². The predicted octanol–water partition coefficient (Wildman–Crippen LogP) is -0.368. The summed E-state index contributed by atoms with van der Waals surface area (Å²) in [6.07, 6.45) is 3.95. The van der Waals surface area contributed by atoms with E-state index in [2.05, 4.69) is 20.5 Å². The van der Waals surface area contributed by atoms with Gasteiger partial charge in [0.1, 0.15) is 6.33 Å². The van der Waals surface area contributed by atoms with Crippen molar-refractivity contribution in [1.82, 2.24) is 15.2 Å². The molecule has 0 saturated heterocycles. The number of nitrogens with zero attached hydrogens (tertiary/aromatic N) is 3. The molecule has 0 unspecified atom stereocenters. The molecule has 0 amide bonds. The van der Waals surface area contributed by atoms with Gasteiger partial charge in [-0.2, -0.15) is 0 Å². The smallest absolute Gasteiger partial charge is 0.167 e. The Morgan fingerprint density at radius 1 is 1.55 bits per heavy atom. The van der Waals surface area contributed by atoms with E-state index < -0.39 is 0 Å². The fourth-order valence-electron chi connectivity index (χ4n) is 0.647. The lowest BCUT2D eigenvalue weighted by molar-refractivity contribution is 0.858. The molecule has 0 aliphatic heterocycles. The van der Waals surface area contributed by atoms with Crippen LogP contribution in [0.3, 0.4) is 0 Å². The van der Waals surface area contributed by atoms with E-state index in [9.17, 15) is 0 Å². The van der Waals surface area contributed by atoms with E-state index >= 15 is 0 Å². The van der Waals surface area contributed by atoms with Gasteiger partial charge >= 0.3 is 0 Å². The fraction of sp³-hybridized carbons (Fsp3) is 0.500. The van der Waals surface area contributed by atoms with Gasteiger partial charge in [-0.1, -0.05) is 0 Å². The van der Waals surface area contributed by atoms with Crippen LogP contribution >= 0.6 is 0 Å². The average molecular weight is 153 g/mol. The van der Waals surface area contributed by atoms with E-state index in [0.29, 0.717) is 12.4 Å². The van der Waals surface area contributed by atoms with Crippen molar-refractivity contribution in [2.75, 3.05) is 18.4 Å². The highest BCUT2D eigenvalue weighted by atomic mass is 15.2. The molecule has 0 spiro atoms. The molecular formula is C6H11N5. The van der Waals surface area contributed by atoms with Crippen LogP contribution in [0.1, 0.15) is 6.42 Å². The Hall–Kier alpha value is -1.23. The van der Waals surface area contributed by atoms with Crippen molar-refractivity contribution in [3.05, 3.63) is 12.5 Å². The van der Waals surface area contributed by atoms with Crippen molar-refractivity contribution in [3.8, 4) is 0 Å². The van der Waals surface area contributed by atoms with Gasteiger partial charge in [-0.15, -0.1) is 10.2 Å². The number of rotatable bonds is 4. The number of nitrogens with two attached hydrogens (primary N) is 1. The van der Waals surface area contributed by atoms with Crippen LogP contribution in [0.2, 0.25) is 0 Å². The molecule has 1 rings (SSSR count). The lowest BCUT2D eigenvalue weighted by atomic mass is 10.4. The first kappa shape index (κ1) is 7.87. The highest BCUT2D eigenvalue weighted by Gasteiger charge is 1.89. The summed E-state index contributed by atoms with van der Waals surface area (Å²) in [5.74, 6) is 0.695. The van der Waals surface area contributed by atoms with E-state index in [-0.39, 0.29) is 0 Å². The number of hydrogen-bond donors (Lipinski definition) is 2. The van der Waals surface area contributed by atoms with E-state index in [1.54, 1.807) is 6.20 Å². The second-order valence-corrected chi connectivity index (χ2v) is 2.06. The Kier molecular flexibility index (Phi) is 3.27. The van der Waals surface area contributed by atoms with Gasteiger partial charge in [-0.3, -0.25) is 0 Å². The van der Waals surface area contributed by atoms with Crippen molar-refractivity contribution in [2.45, 2.75) is 6.42 Å². The molecule has 0 aromatic carbocycles. The third-order valence-corrected chi connectivity index (χ3v) is 1.17. The summed E-state index contributed by atoms with van der Waals surface area (Å²) in [5.41, 5.74) is 5.30. The maximum absolute atomic E-state index is 5.30. The van der Waals surface area contributed by atoms with E-state index in [0.717, 1.165) is 13.0 Å². The first-order valence-electron chi connectivity index (χ1n) is 3.50. The molecule has 5 heteroatoms. The number of anilines is 1. The van der Waals surface area contributed by atoms with Gasteiger partial charge < -0.3 is 11.1 Å². The van der Waals surface area contributed by atoms with Gasteiger partial charge in [-0.05, 0) is 13.0 Å². The van der Waals surface area contributed by atoms with Crippen LogP contribution in [-0.2, 0) is 0 Å². The summed E-state index contributed by atoms with van der Waals surface area (Å²) < 4.78 is 0. The molecule has 11 heavy (non-hydrogen) atoms. The van der Waals surface area contributed by atoms with Gasteiger partial charge in [0.25, 0.3) is 0 Å². The van der Waals surface area contributed by atoms with Crippen molar-refractivity contribution in [1.29, 1.82) is 0 Å². The molecule has 1 heterocycles. The van der Waals surface area contributed by atoms with Crippen molar-refractivity contribution >= 4 is 5.82 Å². The Bertz CT molecular complexity index is 187. The van der Waals surface area contributed by atoms with Crippen LogP contribution < -0.4 is 11.1 Å². The zero-order valence-corrected chi connectivity index (χ0v) is 6.20. The van der Waals surface area contributed by atoms with Crippen molar-refractivity contribution in [3.63, 3.8) is 0 Å². The first-order valence-corrected chi connectivity index (χ1v) is 3.50. The summed E-state index contributed by atoms with van der Waals surface area (Å²) >= 11 is 0.